The molecule has 0 spiro atoms. The molecule has 15 heavy (non-hydrogen) atoms. The lowest BCUT2D eigenvalue weighted by Crippen LogP contribution is -2.10. The van der Waals surface area contributed by atoms with Crippen molar-refractivity contribution in [3.63, 3.8) is 0 Å². The first-order valence-electron chi connectivity index (χ1n) is 5.14. The van der Waals surface area contributed by atoms with Gasteiger partial charge in [-0.15, -0.1) is 0 Å². The van der Waals surface area contributed by atoms with Gasteiger partial charge < -0.3 is 9.84 Å². The Bertz CT molecular complexity index is 487. The van der Waals surface area contributed by atoms with E-state index in [9.17, 15) is 0 Å². The molecule has 1 aliphatic rings. The highest BCUT2D eigenvalue weighted by molar-refractivity contribution is 5.73. The first-order valence-corrected chi connectivity index (χ1v) is 5.14. The minimum atomic E-state index is 0.434. The maximum atomic E-state index is 5.08. The normalized spacial score (nSPS) is 21.3. The molecule has 0 radical (unpaired) electrons. The molecular formula is C10H12N4O. The van der Waals surface area contributed by atoms with Gasteiger partial charge in [-0.05, 0) is 19.9 Å². The van der Waals surface area contributed by atoms with Gasteiger partial charge in [0, 0.05) is 12.5 Å². The standard InChI is InChI=1S/C10H12N4O/c1-6-9-8(15-14-6)5-12-10(13-9)7-2-3-11-4-7/h5,7,11H,2-4H2,1H3. The zero-order chi connectivity index (χ0) is 10.3. The van der Waals surface area contributed by atoms with Crippen molar-refractivity contribution < 1.29 is 4.52 Å². The lowest BCUT2D eigenvalue weighted by atomic mass is 10.1. The van der Waals surface area contributed by atoms with Crippen molar-refractivity contribution in [1.82, 2.24) is 20.4 Å². The summed E-state index contributed by atoms with van der Waals surface area (Å²) < 4.78 is 5.08. The summed E-state index contributed by atoms with van der Waals surface area (Å²) in [4.78, 5) is 8.83. The second-order valence-corrected chi connectivity index (χ2v) is 3.90. The van der Waals surface area contributed by atoms with E-state index in [1.54, 1.807) is 6.20 Å². The quantitative estimate of drug-likeness (QED) is 0.750. The van der Waals surface area contributed by atoms with Crippen LogP contribution >= 0.6 is 0 Å². The summed E-state index contributed by atoms with van der Waals surface area (Å²) in [6.45, 7) is 3.92. The van der Waals surface area contributed by atoms with E-state index in [4.69, 9.17) is 4.52 Å². The molecule has 0 saturated carbocycles. The van der Waals surface area contributed by atoms with Crippen LogP contribution in [-0.4, -0.2) is 28.2 Å². The fraction of sp³-hybridized carbons (Fsp3) is 0.500. The van der Waals surface area contributed by atoms with E-state index >= 15 is 0 Å². The molecular weight excluding hydrogens is 192 g/mol. The molecule has 3 heterocycles. The second kappa shape index (κ2) is 3.27. The Morgan fingerprint density at radius 3 is 3.27 bits per heavy atom. The molecule has 2 aromatic rings. The molecule has 1 atom stereocenters. The number of nitrogens with one attached hydrogen (secondary N) is 1. The minimum absolute atomic E-state index is 0.434. The van der Waals surface area contributed by atoms with Gasteiger partial charge in [-0.3, -0.25) is 0 Å². The second-order valence-electron chi connectivity index (χ2n) is 3.90. The number of nitrogens with zero attached hydrogens (tertiary/aromatic N) is 3. The van der Waals surface area contributed by atoms with Gasteiger partial charge in [0.05, 0.1) is 6.20 Å². The Hall–Kier alpha value is -1.49. The van der Waals surface area contributed by atoms with E-state index in [-0.39, 0.29) is 0 Å². The van der Waals surface area contributed by atoms with Crippen LogP contribution in [0.15, 0.2) is 10.7 Å². The van der Waals surface area contributed by atoms with Crippen molar-refractivity contribution in [2.75, 3.05) is 13.1 Å². The van der Waals surface area contributed by atoms with Crippen molar-refractivity contribution in [2.45, 2.75) is 19.3 Å². The summed E-state index contributed by atoms with van der Waals surface area (Å²) in [7, 11) is 0. The van der Waals surface area contributed by atoms with Crippen LogP contribution in [0.1, 0.15) is 23.9 Å². The van der Waals surface area contributed by atoms with E-state index in [1.807, 2.05) is 6.92 Å². The zero-order valence-corrected chi connectivity index (χ0v) is 8.53. The highest BCUT2D eigenvalue weighted by Crippen LogP contribution is 2.21. The molecule has 5 heteroatoms. The molecule has 0 bridgehead atoms. The van der Waals surface area contributed by atoms with Gasteiger partial charge >= 0.3 is 0 Å². The highest BCUT2D eigenvalue weighted by Gasteiger charge is 2.20. The third kappa shape index (κ3) is 1.39. The summed E-state index contributed by atoms with van der Waals surface area (Å²) in [5.41, 5.74) is 2.34. The van der Waals surface area contributed by atoms with E-state index < -0.39 is 0 Å². The summed E-state index contributed by atoms with van der Waals surface area (Å²) in [5.74, 6) is 1.34. The lowest BCUT2D eigenvalue weighted by molar-refractivity contribution is 0.449. The molecule has 1 saturated heterocycles. The monoisotopic (exact) mass is 204 g/mol. The molecule has 5 nitrogen and oxygen atoms in total. The number of aromatic nitrogens is 3. The van der Waals surface area contributed by atoms with Crippen LogP contribution in [0, 0.1) is 6.92 Å². The summed E-state index contributed by atoms with van der Waals surface area (Å²) >= 11 is 0. The maximum Gasteiger partial charge on any atom is 0.203 e. The van der Waals surface area contributed by atoms with Crippen LogP contribution in [0.2, 0.25) is 0 Å². The molecule has 0 amide bonds. The summed E-state index contributed by atoms with van der Waals surface area (Å²) in [5, 5.41) is 7.18. The summed E-state index contributed by atoms with van der Waals surface area (Å²) in [6.07, 6.45) is 2.83. The maximum absolute atomic E-state index is 5.08. The molecule has 3 rings (SSSR count). The SMILES string of the molecule is Cc1noc2cnc(C3CCNC3)nc12. The Balaban J connectivity index is 2.08. The molecule has 1 N–H and O–H groups in total. The van der Waals surface area contributed by atoms with Gasteiger partial charge in [0.2, 0.25) is 5.58 Å². The molecule has 1 unspecified atom stereocenters. The molecule has 2 aromatic heterocycles. The molecule has 78 valence electrons. The van der Waals surface area contributed by atoms with Gasteiger partial charge in [0.1, 0.15) is 17.0 Å². The van der Waals surface area contributed by atoms with E-state index in [2.05, 4.69) is 20.4 Å². The van der Waals surface area contributed by atoms with Crippen molar-refractivity contribution >= 4 is 11.1 Å². The first kappa shape index (κ1) is 8.79. The van der Waals surface area contributed by atoms with Crippen molar-refractivity contribution in [3.05, 3.63) is 17.7 Å². The molecule has 1 aliphatic heterocycles. The predicted molar refractivity (Wildman–Crippen MR) is 54.6 cm³/mol. The van der Waals surface area contributed by atoms with Crippen LogP contribution in [0.3, 0.4) is 0 Å². The fourth-order valence-electron chi connectivity index (χ4n) is 1.94. The van der Waals surface area contributed by atoms with Crippen LogP contribution in [0.25, 0.3) is 11.1 Å². The predicted octanol–water partition coefficient (Wildman–Crippen LogP) is 1.00. The topological polar surface area (TPSA) is 63.8 Å². The van der Waals surface area contributed by atoms with E-state index in [0.29, 0.717) is 11.5 Å². The van der Waals surface area contributed by atoms with Crippen LogP contribution in [0.5, 0.6) is 0 Å². The van der Waals surface area contributed by atoms with Crippen molar-refractivity contribution in [2.24, 2.45) is 0 Å². The van der Waals surface area contributed by atoms with Crippen molar-refractivity contribution in [1.29, 1.82) is 0 Å². The van der Waals surface area contributed by atoms with Gasteiger partial charge in [0.25, 0.3) is 0 Å². The Labute approximate surface area is 86.9 Å². The smallest absolute Gasteiger partial charge is 0.203 e. The Kier molecular flexibility index (Phi) is 1.92. The highest BCUT2D eigenvalue weighted by atomic mass is 16.5. The Morgan fingerprint density at radius 1 is 1.53 bits per heavy atom. The van der Waals surface area contributed by atoms with Crippen LogP contribution in [-0.2, 0) is 0 Å². The molecule has 1 fully saturated rings. The first-order chi connectivity index (χ1) is 7.34. The van der Waals surface area contributed by atoms with Gasteiger partial charge in [0.15, 0.2) is 0 Å². The van der Waals surface area contributed by atoms with Crippen LogP contribution < -0.4 is 5.32 Å². The van der Waals surface area contributed by atoms with Gasteiger partial charge in [-0.1, -0.05) is 5.16 Å². The third-order valence-corrected chi connectivity index (χ3v) is 2.82. The van der Waals surface area contributed by atoms with Crippen LogP contribution in [0.4, 0.5) is 0 Å². The number of aryl methyl sites for hydroxylation is 1. The fourth-order valence-corrected chi connectivity index (χ4v) is 1.94. The average Bonchev–Trinajstić information content (AvgIpc) is 2.88. The molecule has 0 aliphatic carbocycles. The minimum Gasteiger partial charge on any atom is -0.353 e. The average molecular weight is 204 g/mol. The summed E-state index contributed by atoms with van der Waals surface area (Å²) in [6, 6.07) is 0. The number of hydrogen-bond acceptors (Lipinski definition) is 5. The zero-order valence-electron chi connectivity index (χ0n) is 8.53. The van der Waals surface area contributed by atoms with E-state index in [1.165, 1.54) is 0 Å². The lowest BCUT2D eigenvalue weighted by Gasteiger charge is -2.04. The Morgan fingerprint density at radius 2 is 2.47 bits per heavy atom. The number of fused-ring (bicyclic) bond motifs is 1. The number of hydrogen-bond donors (Lipinski definition) is 1. The van der Waals surface area contributed by atoms with Gasteiger partial charge in [-0.25, -0.2) is 9.97 Å². The van der Waals surface area contributed by atoms with Crippen molar-refractivity contribution in [3.8, 4) is 0 Å². The molecule has 0 aromatic carbocycles. The van der Waals surface area contributed by atoms with E-state index in [0.717, 1.165) is 36.5 Å². The largest absolute Gasteiger partial charge is 0.353 e. The van der Waals surface area contributed by atoms with Gasteiger partial charge in [-0.2, -0.15) is 0 Å². The number of rotatable bonds is 1. The third-order valence-electron chi connectivity index (χ3n) is 2.82.